The molecule has 8 nitrogen and oxygen atoms in total. The van der Waals surface area contributed by atoms with Crippen molar-refractivity contribution in [3.05, 3.63) is 76.6 Å². The van der Waals surface area contributed by atoms with Crippen molar-refractivity contribution in [1.29, 1.82) is 0 Å². The lowest BCUT2D eigenvalue weighted by molar-refractivity contribution is -0.384. The minimum atomic E-state index is -0.405. The molecular weight excluding hydrogens is 380 g/mol. The van der Waals surface area contributed by atoms with Crippen LogP contribution in [0.4, 0.5) is 11.5 Å². The van der Waals surface area contributed by atoms with Gasteiger partial charge in [-0.15, -0.1) is 10.2 Å². The molecule has 0 saturated carbocycles. The van der Waals surface area contributed by atoms with E-state index in [1.165, 1.54) is 12.1 Å². The number of rotatable bonds is 4. The van der Waals surface area contributed by atoms with E-state index < -0.39 is 4.92 Å². The lowest BCUT2D eigenvalue weighted by Crippen LogP contribution is -2.33. The number of imidazole rings is 1. The third-order valence-corrected chi connectivity index (χ3v) is 5.62. The quantitative estimate of drug-likeness (QED) is 0.405. The van der Waals surface area contributed by atoms with Crippen molar-refractivity contribution in [3.63, 3.8) is 0 Å². The standard InChI is InChI=1S/C22H20N6O2/c29-28(30)17-5-3-4-16(14-17)18-8-9-21(26-25-18)27-12-10-15(11-13-27)22-23-19-6-1-2-7-20(19)24-22/h1-9,14-15H,10-13H2,(H,23,24). The molecule has 0 aliphatic carbocycles. The number of aromatic amines is 1. The van der Waals surface area contributed by atoms with Gasteiger partial charge in [0, 0.05) is 36.7 Å². The minimum Gasteiger partial charge on any atom is -0.355 e. The molecule has 0 radical (unpaired) electrons. The Hall–Kier alpha value is -3.81. The van der Waals surface area contributed by atoms with Crippen LogP contribution in [0.25, 0.3) is 22.3 Å². The largest absolute Gasteiger partial charge is 0.355 e. The average molecular weight is 400 g/mol. The number of nitro groups is 1. The summed E-state index contributed by atoms with van der Waals surface area (Å²) in [5.74, 6) is 2.29. The number of H-pyrrole nitrogens is 1. The summed E-state index contributed by atoms with van der Waals surface area (Å²) in [4.78, 5) is 21.0. The average Bonchev–Trinajstić information content (AvgIpc) is 3.24. The number of non-ortho nitro benzene ring substituents is 1. The van der Waals surface area contributed by atoms with Crippen LogP contribution < -0.4 is 4.90 Å². The second-order valence-corrected chi connectivity index (χ2v) is 7.48. The summed E-state index contributed by atoms with van der Waals surface area (Å²) >= 11 is 0. The van der Waals surface area contributed by atoms with Crippen LogP contribution in [0.1, 0.15) is 24.6 Å². The highest BCUT2D eigenvalue weighted by Crippen LogP contribution is 2.30. The van der Waals surface area contributed by atoms with E-state index in [2.05, 4.69) is 26.1 Å². The number of hydrogen-bond acceptors (Lipinski definition) is 6. The second-order valence-electron chi connectivity index (χ2n) is 7.48. The Labute approximate surface area is 172 Å². The van der Waals surface area contributed by atoms with Crippen molar-refractivity contribution in [2.45, 2.75) is 18.8 Å². The molecular formula is C22H20N6O2. The van der Waals surface area contributed by atoms with Gasteiger partial charge in [-0.2, -0.15) is 0 Å². The number of nitrogens with zero attached hydrogens (tertiary/aromatic N) is 5. The van der Waals surface area contributed by atoms with Crippen molar-refractivity contribution in [2.75, 3.05) is 18.0 Å². The summed E-state index contributed by atoms with van der Waals surface area (Å²) in [5, 5.41) is 19.6. The number of aromatic nitrogens is 4. The molecule has 0 spiro atoms. The molecule has 1 aliphatic rings. The number of anilines is 1. The van der Waals surface area contributed by atoms with Gasteiger partial charge in [0.1, 0.15) is 5.82 Å². The van der Waals surface area contributed by atoms with Crippen LogP contribution >= 0.6 is 0 Å². The van der Waals surface area contributed by atoms with Crippen LogP contribution in [0.3, 0.4) is 0 Å². The van der Waals surface area contributed by atoms with Gasteiger partial charge in [-0.25, -0.2) is 4.98 Å². The van der Waals surface area contributed by atoms with Crippen LogP contribution in [0.2, 0.25) is 0 Å². The molecule has 1 saturated heterocycles. The highest BCUT2D eigenvalue weighted by atomic mass is 16.6. The Bertz CT molecular complexity index is 1160. The first-order valence-electron chi connectivity index (χ1n) is 9.95. The third-order valence-electron chi connectivity index (χ3n) is 5.62. The van der Waals surface area contributed by atoms with E-state index >= 15 is 0 Å². The maximum atomic E-state index is 11.0. The number of nitro benzene ring substituents is 1. The minimum absolute atomic E-state index is 0.0473. The van der Waals surface area contributed by atoms with Crippen molar-refractivity contribution in [1.82, 2.24) is 20.2 Å². The topological polar surface area (TPSA) is 101 Å². The van der Waals surface area contributed by atoms with Gasteiger partial charge in [0.15, 0.2) is 5.82 Å². The summed E-state index contributed by atoms with van der Waals surface area (Å²) in [7, 11) is 0. The number of piperidine rings is 1. The third kappa shape index (κ3) is 3.47. The van der Waals surface area contributed by atoms with Gasteiger partial charge in [0.25, 0.3) is 5.69 Å². The van der Waals surface area contributed by atoms with E-state index in [1.54, 1.807) is 12.1 Å². The predicted octanol–water partition coefficient (Wildman–Crippen LogP) is 4.31. The van der Waals surface area contributed by atoms with E-state index in [-0.39, 0.29) is 5.69 Å². The Balaban J connectivity index is 1.27. The highest BCUT2D eigenvalue weighted by molar-refractivity contribution is 5.74. The number of hydrogen-bond donors (Lipinski definition) is 1. The summed E-state index contributed by atoms with van der Waals surface area (Å²) in [6.07, 6.45) is 1.99. The number of nitrogens with one attached hydrogen (secondary N) is 1. The zero-order valence-corrected chi connectivity index (χ0v) is 16.2. The van der Waals surface area contributed by atoms with Gasteiger partial charge >= 0.3 is 0 Å². The van der Waals surface area contributed by atoms with Crippen molar-refractivity contribution >= 4 is 22.5 Å². The molecule has 3 heterocycles. The molecule has 8 heteroatoms. The van der Waals surface area contributed by atoms with Crippen LogP contribution in [0.15, 0.2) is 60.7 Å². The van der Waals surface area contributed by atoms with E-state index in [9.17, 15) is 10.1 Å². The van der Waals surface area contributed by atoms with Gasteiger partial charge < -0.3 is 9.88 Å². The predicted molar refractivity (Wildman–Crippen MR) is 114 cm³/mol. The molecule has 1 aliphatic heterocycles. The lowest BCUT2D eigenvalue weighted by atomic mass is 9.96. The normalized spacial score (nSPS) is 14.9. The van der Waals surface area contributed by atoms with Crippen LogP contribution in [-0.4, -0.2) is 38.2 Å². The molecule has 5 rings (SSSR count). The Morgan fingerprint density at radius 3 is 2.57 bits per heavy atom. The molecule has 1 fully saturated rings. The fourth-order valence-corrected chi connectivity index (χ4v) is 3.97. The van der Waals surface area contributed by atoms with Gasteiger partial charge in [0.05, 0.1) is 21.7 Å². The van der Waals surface area contributed by atoms with Crippen molar-refractivity contribution in [3.8, 4) is 11.3 Å². The van der Waals surface area contributed by atoms with Crippen LogP contribution in [0.5, 0.6) is 0 Å². The van der Waals surface area contributed by atoms with Gasteiger partial charge in [0.2, 0.25) is 0 Å². The first kappa shape index (κ1) is 18.2. The zero-order chi connectivity index (χ0) is 20.5. The highest BCUT2D eigenvalue weighted by Gasteiger charge is 2.24. The molecule has 0 unspecified atom stereocenters. The van der Waals surface area contributed by atoms with E-state index in [4.69, 9.17) is 4.98 Å². The first-order chi connectivity index (χ1) is 14.7. The van der Waals surface area contributed by atoms with Crippen LogP contribution in [-0.2, 0) is 0 Å². The van der Waals surface area contributed by atoms with E-state index in [1.807, 2.05) is 30.3 Å². The molecule has 0 atom stereocenters. The van der Waals surface area contributed by atoms with Gasteiger partial charge in [-0.05, 0) is 37.1 Å². The molecule has 0 amide bonds. The Morgan fingerprint density at radius 1 is 1.00 bits per heavy atom. The fraction of sp³-hybridized carbons (Fsp3) is 0.227. The van der Waals surface area contributed by atoms with Crippen molar-refractivity contribution in [2.24, 2.45) is 0 Å². The zero-order valence-electron chi connectivity index (χ0n) is 16.2. The smallest absolute Gasteiger partial charge is 0.270 e. The summed E-state index contributed by atoms with van der Waals surface area (Å²) in [6, 6.07) is 18.4. The number of para-hydroxylation sites is 2. The summed E-state index contributed by atoms with van der Waals surface area (Å²) in [5.41, 5.74) is 3.45. The van der Waals surface area contributed by atoms with Gasteiger partial charge in [-0.3, -0.25) is 10.1 Å². The Morgan fingerprint density at radius 2 is 1.83 bits per heavy atom. The summed E-state index contributed by atoms with van der Waals surface area (Å²) < 4.78 is 0. The molecule has 150 valence electrons. The second kappa shape index (κ2) is 7.55. The number of fused-ring (bicyclic) bond motifs is 1. The first-order valence-corrected chi connectivity index (χ1v) is 9.95. The van der Waals surface area contributed by atoms with Gasteiger partial charge in [-0.1, -0.05) is 24.3 Å². The SMILES string of the molecule is O=[N+]([O-])c1cccc(-c2ccc(N3CCC(c4nc5ccccc5[nH]4)CC3)nn2)c1. The Kier molecular flexibility index (Phi) is 4.59. The van der Waals surface area contributed by atoms with E-state index in [0.717, 1.165) is 48.6 Å². The molecule has 0 bridgehead atoms. The lowest BCUT2D eigenvalue weighted by Gasteiger charge is -2.31. The van der Waals surface area contributed by atoms with Crippen molar-refractivity contribution < 1.29 is 4.92 Å². The monoisotopic (exact) mass is 400 g/mol. The molecule has 1 N–H and O–H groups in total. The van der Waals surface area contributed by atoms with E-state index in [0.29, 0.717) is 17.2 Å². The maximum absolute atomic E-state index is 11.0. The fourth-order valence-electron chi connectivity index (χ4n) is 3.97. The maximum Gasteiger partial charge on any atom is 0.270 e. The molecule has 4 aromatic rings. The number of benzene rings is 2. The summed E-state index contributed by atoms with van der Waals surface area (Å²) in [6.45, 7) is 1.76. The van der Waals surface area contributed by atoms with Crippen LogP contribution in [0, 0.1) is 10.1 Å². The molecule has 2 aromatic carbocycles. The molecule has 2 aromatic heterocycles. The molecule has 30 heavy (non-hydrogen) atoms.